The van der Waals surface area contributed by atoms with Crippen LogP contribution < -0.4 is 10.1 Å². The highest BCUT2D eigenvalue weighted by Gasteiger charge is 2.13. The zero-order chi connectivity index (χ0) is 12.4. The van der Waals surface area contributed by atoms with Gasteiger partial charge in [0.25, 0.3) is 0 Å². The Balaban J connectivity index is 1.74. The van der Waals surface area contributed by atoms with E-state index in [0.717, 1.165) is 16.4 Å². The first-order valence-electron chi connectivity index (χ1n) is 5.47. The second kappa shape index (κ2) is 4.79. The van der Waals surface area contributed by atoms with Crippen LogP contribution in [-0.2, 0) is 13.1 Å². The van der Waals surface area contributed by atoms with Gasteiger partial charge in [0.2, 0.25) is 5.88 Å². The Morgan fingerprint density at radius 2 is 2.44 bits per heavy atom. The molecule has 0 aliphatic carbocycles. The monoisotopic (exact) mass is 264 g/mol. The minimum atomic E-state index is 0.626. The van der Waals surface area contributed by atoms with Crippen molar-refractivity contribution < 1.29 is 9.26 Å². The third-order valence-corrected chi connectivity index (χ3v) is 3.36. The first-order valence-corrected chi connectivity index (χ1v) is 6.35. The molecule has 3 aromatic heterocycles. The van der Waals surface area contributed by atoms with Gasteiger partial charge < -0.3 is 14.6 Å². The second-order valence-electron chi connectivity index (χ2n) is 3.71. The van der Waals surface area contributed by atoms with Crippen LogP contribution in [0.3, 0.4) is 0 Å². The van der Waals surface area contributed by atoms with E-state index in [1.165, 1.54) is 0 Å². The van der Waals surface area contributed by atoms with Crippen molar-refractivity contribution in [3.63, 3.8) is 0 Å². The standard InChI is InChI=1S/C11H12N4O2S/c1-16-10-9(15-4-5-18-11(15)14-10)7-12-6-8-2-3-13-17-8/h2-5,12H,6-7H2,1H3. The molecule has 1 N–H and O–H groups in total. The van der Waals surface area contributed by atoms with Gasteiger partial charge in [-0.2, -0.15) is 4.98 Å². The van der Waals surface area contributed by atoms with E-state index in [-0.39, 0.29) is 0 Å². The van der Waals surface area contributed by atoms with Gasteiger partial charge in [-0.1, -0.05) is 5.16 Å². The third kappa shape index (κ3) is 1.98. The molecule has 0 unspecified atom stereocenters. The highest BCUT2D eigenvalue weighted by molar-refractivity contribution is 7.15. The lowest BCUT2D eigenvalue weighted by molar-refractivity contribution is 0.369. The molecule has 0 saturated carbocycles. The number of ether oxygens (including phenoxy) is 1. The van der Waals surface area contributed by atoms with Crippen molar-refractivity contribution in [3.05, 3.63) is 35.3 Å². The average molecular weight is 264 g/mol. The first kappa shape index (κ1) is 11.2. The van der Waals surface area contributed by atoms with Gasteiger partial charge in [0.05, 0.1) is 19.9 Å². The molecule has 18 heavy (non-hydrogen) atoms. The highest BCUT2D eigenvalue weighted by Crippen LogP contribution is 2.22. The number of nitrogens with one attached hydrogen (secondary N) is 1. The summed E-state index contributed by atoms with van der Waals surface area (Å²) in [5, 5.41) is 8.94. The molecule has 3 rings (SSSR count). The fraction of sp³-hybridized carbons (Fsp3) is 0.273. The van der Waals surface area contributed by atoms with Crippen LogP contribution in [0.2, 0.25) is 0 Å². The summed E-state index contributed by atoms with van der Waals surface area (Å²) < 4.78 is 12.3. The van der Waals surface area contributed by atoms with E-state index in [2.05, 4.69) is 15.5 Å². The number of nitrogens with zero attached hydrogens (tertiary/aromatic N) is 3. The fourth-order valence-electron chi connectivity index (χ4n) is 1.77. The maximum atomic E-state index is 5.28. The Kier molecular flexibility index (Phi) is 2.99. The van der Waals surface area contributed by atoms with Crippen molar-refractivity contribution in [2.75, 3.05) is 7.11 Å². The van der Waals surface area contributed by atoms with E-state index >= 15 is 0 Å². The molecule has 0 atom stereocenters. The van der Waals surface area contributed by atoms with Gasteiger partial charge in [-0.05, 0) is 0 Å². The van der Waals surface area contributed by atoms with Crippen LogP contribution in [0.5, 0.6) is 5.88 Å². The van der Waals surface area contributed by atoms with Crippen molar-refractivity contribution in [2.24, 2.45) is 0 Å². The summed E-state index contributed by atoms with van der Waals surface area (Å²) in [5.74, 6) is 1.46. The van der Waals surface area contributed by atoms with E-state index in [1.807, 2.05) is 22.0 Å². The zero-order valence-corrected chi connectivity index (χ0v) is 10.6. The Morgan fingerprint density at radius 3 is 3.22 bits per heavy atom. The second-order valence-corrected chi connectivity index (χ2v) is 4.58. The average Bonchev–Trinajstić information content (AvgIpc) is 3.06. The van der Waals surface area contributed by atoms with Gasteiger partial charge in [0.1, 0.15) is 11.5 Å². The highest BCUT2D eigenvalue weighted by atomic mass is 32.1. The van der Waals surface area contributed by atoms with E-state index in [9.17, 15) is 0 Å². The lowest BCUT2D eigenvalue weighted by Crippen LogP contribution is -2.14. The summed E-state index contributed by atoms with van der Waals surface area (Å²) in [7, 11) is 1.63. The number of thiazole rings is 1. The molecular formula is C11H12N4O2S. The van der Waals surface area contributed by atoms with Crippen LogP contribution in [0.4, 0.5) is 0 Å². The molecule has 3 aromatic rings. The maximum absolute atomic E-state index is 5.28. The molecule has 0 spiro atoms. The Hall–Kier alpha value is -1.86. The smallest absolute Gasteiger partial charge is 0.237 e. The molecule has 0 aromatic carbocycles. The van der Waals surface area contributed by atoms with Crippen LogP contribution in [-0.4, -0.2) is 21.7 Å². The third-order valence-electron chi connectivity index (χ3n) is 2.60. The van der Waals surface area contributed by atoms with E-state index in [1.54, 1.807) is 24.6 Å². The summed E-state index contributed by atoms with van der Waals surface area (Å²) >= 11 is 1.58. The van der Waals surface area contributed by atoms with Gasteiger partial charge >= 0.3 is 0 Å². The van der Waals surface area contributed by atoms with Crippen LogP contribution in [0.15, 0.2) is 28.4 Å². The summed E-state index contributed by atoms with van der Waals surface area (Å²) in [6.07, 6.45) is 3.62. The van der Waals surface area contributed by atoms with Crippen LogP contribution in [0.1, 0.15) is 11.5 Å². The van der Waals surface area contributed by atoms with Crippen molar-refractivity contribution in [1.82, 2.24) is 19.9 Å². The summed E-state index contributed by atoms with van der Waals surface area (Å²) in [6.45, 7) is 1.28. The number of imidazole rings is 1. The van der Waals surface area contributed by atoms with Crippen molar-refractivity contribution >= 4 is 16.3 Å². The van der Waals surface area contributed by atoms with Crippen LogP contribution in [0, 0.1) is 0 Å². The molecule has 94 valence electrons. The molecule has 0 radical (unpaired) electrons. The minimum Gasteiger partial charge on any atom is -0.480 e. The molecule has 0 aliphatic rings. The summed E-state index contributed by atoms with van der Waals surface area (Å²) in [4.78, 5) is 5.32. The molecule has 0 aliphatic heterocycles. The van der Waals surface area contributed by atoms with E-state index < -0.39 is 0 Å². The van der Waals surface area contributed by atoms with Gasteiger partial charge in [-0.15, -0.1) is 11.3 Å². The Morgan fingerprint density at radius 1 is 1.50 bits per heavy atom. The number of methoxy groups -OCH3 is 1. The summed E-state index contributed by atoms with van der Waals surface area (Å²) in [6, 6.07) is 1.83. The van der Waals surface area contributed by atoms with Crippen LogP contribution in [0.25, 0.3) is 4.96 Å². The lowest BCUT2D eigenvalue weighted by Gasteiger charge is -2.03. The predicted octanol–water partition coefficient (Wildman–Crippen LogP) is 1.68. The molecule has 3 heterocycles. The van der Waals surface area contributed by atoms with Crippen molar-refractivity contribution in [2.45, 2.75) is 13.1 Å². The molecule has 7 heteroatoms. The minimum absolute atomic E-state index is 0.626. The normalized spacial score (nSPS) is 11.2. The topological polar surface area (TPSA) is 64.6 Å². The molecule has 0 amide bonds. The van der Waals surface area contributed by atoms with Gasteiger partial charge in [0, 0.05) is 24.2 Å². The fourth-order valence-corrected chi connectivity index (χ4v) is 2.50. The number of hydrogen-bond donors (Lipinski definition) is 1. The zero-order valence-electron chi connectivity index (χ0n) is 9.79. The Bertz CT molecular complexity index is 629. The predicted molar refractivity (Wildman–Crippen MR) is 66.7 cm³/mol. The summed E-state index contributed by atoms with van der Waals surface area (Å²) in [5.41, 5.74) is 1.01. The molecule has 0 bridgehead atoms. The van der Waals surface area contributed by atoms with Crippen LogP contribution >= 0.6 is 11.3 Å². The van der Waals surface area contributed by atoms with Gasteiger partial charge in [-0.3, -0.25) is 4.40 Å². The van der Waals surface area contributed by atoms with Crippen molar-refractivity contribution in [3.8, 4) is 5.88 Å². The first-order chi connectivity index (χ1) is 8.88. The molecule has 6 nitrogen and oxygen atoms in total. The largest absolute Gasteiger partial charge is 0.480 e. The van der Waals surface area contributed by atoms with Gasteiger partial charge in [-0.25, -0.2) is 0 Å². The molecule has 0 saturated heterocycles. The maximum Gasteiger partial charge on any atom is 0.237 e. The van der Waals surface area contributed by atoms with Gasteiger partial charge in [0.15, 0.2) is 4.96 Å². The number of aromatic nitrogens is 3. The molecule has 0 fully saturated rings. The quantitative estimate of drug-likeness (QED) is 0.759. The Labute approximate surface area is 107 Å². The number of rotatable bonds is 5. The SMILES string of the molecule is COc1nc2sccn2c1CNCc1ccno1. The lowest BCUT2D eigenvalue weighted by atomic mass is 10.4. The van der Waals surface area contributed by atoms with Crippen molar-refractivity contribution in [1.29, 1.82) is 0 Å². The number of hydrogen-bond acceptors (Lipinski definition) is 6. The molecular weight excluding hydrogens is 252 g/mol. The van der Waals surface area contributed by atoms with E-state index in [4.69, 9.17) is 9.26 Å². The van der Waals surface area contributed by atoms with E-state index in [0.29, 0.717) is 19.0 Å². The number of fused-ring (bicyclic) bond motifs is 1.